The third-order valence-electron chi connectivity index (χ3n) is 3.16. The molecular formula is C15H18ClN3O2. The second-order valence-electron chi connectivity index (χ2n) is 5.87. The molecule has 1 heterocycles. The van der Waals surface area contributed by atoms with E-state index >= 15 is 0 Å². The van der Waals surface area contributed by atoms with E-state index in [1.807, 2.05) is 20.8 Å². The van der Waals surface area contributed by atoms with Gasteiger partial charge in [0.05, 0.1) is 11.4 Å². The van der Waals surface area contributed by atoms with Crippen LogP contribution < -0.4 is 4.90 Å². The van der Waals surface area contributed by atoms with Crippen LogP contribution in [0.25, 0.3) is 5.69 Å². The number of amides is 1. The van der Waals surface area contributed by atoms with E-state index in [9.17, 15) is 9.90 Å². The molecule has 0 fully saturated rings. The SMILES string of the molecule is CN(C(=O)O)c1cc(C(C)(C)C)nn1-c1ccc(Cl)cc1. The van der Waals surface area contributed by atoms with Crippen LogP contribution in [-0.4, -0.2) is 28.0 Å². The molecule has 2 aromatic rings. The van der Waals surface area contributed by atoms with Crippen LogP contribution in [0.1, 0.15) is 26.5 Å². The molecule has 0 spiro atoms. The summed E-state index contributed by atoms with van der Waals surface area (Å²) in [6.45, 7) is 6.10. The highest BCUT2D eigenvalue weighted by atomic mass is 35.5. The van der Waals surface area contributed by atoms with Gasteiger partial charge in [0.15, 0.2) is 0 Å². The number of hydrogen-bond acceptors (Lipinski definition) is 2. The summed E-state index contributed by atoms with van der Waals surface area (Å²) in [5.41, 5.74) is 1.41. The van der Waals surface area contributed by atoms with E-state index in [4.69, 9.17) is 11.6 Å². The van der Waals surface area contributed by atoms with Gasteiger partial charge in [-0.05, 0) is 24.3 Å². The molecule has 0 aliphatic carbocycles. The molecule has 0 unspecified atom stereocenters. The third kappa shape index (κ3) is 3.19. The number of aromatic nitrogens is 2. The molecule has 0 bridgehead atoms. The first-order chi connectivity index (χ1) is 9.70. The molecule has 21 heavy (non-hydrogen) atoms. The number of anilines is 1. The van der Waals surface area contributed by atoms with Crippen LogP contribution in [0.3, 0.4) is 0 Å². The Balaban J connectivity index is 2.59. The van der Waals surface area contributed by atoms with E-state index in [-0.39, 0.29) is 5.41 Å². The van der Waals surface area contributed by atoms with Crippen molar-refractivity contribution in [3.8, 4) is 5.69 Å². The smallest absolute Gasteiger partial charge is 0.412 e. The van der Waals surface area contributed by atoms with Crippen molar-refractivity contribution in [1.29, 1.82) is 0 Å². The molecule has 0 saturated heterocycles. The largest absolute Gasteiger partial charge is 0.465 e. The van der Waals surface area contributed by atoms with Gasteiger partial charge in [0.2, 0.25) is 0 Å². The molecule has 0 atom stereocenters. The van der Waals surface area contributed by atoms with Gasteiger partial charge in [-0.2, -0.15) is 5.10 Å². The predicted molar refractivity (Wildman–Crippen MR) is 83.7 cm³/mol. The molecule has 1 aromatic carbocycles. The highest BCUT2D eigenvalue weighted by Gasteiger charge is 2.23. The minimum atomic E-state index is -1.04. The molecule has 0 radical (unpaired) electrons. The van der Waals surface area contributed by atoms with Gasteiger partial charge in [-0.25, -0.2) is 9.48 Å². The van der Waals surface area contributed by atoms with E-state index in [1.54, 1.807) is 35.0 Å². The van der Waals surface area contributed by atoms with Crippen molar-refractivity contribution in [2.75, 3.05) is 11.9 Å². The topological polar surface area (TPSA) is 58.4 Å². The van der Waals surface area contributed by atoms with Crippen LogP contribution in [0.15, 0.2) is 30.3 Å². The maximum Gasteiger partial charge on any atom is 0.412 e. The van der Waals surface area contributed by atoms with E-state index in [0.29, 0.717) is 10.8 Å². The second kappa shape index (κ2) is 5.41. The lowest BCUT2D eigenvalue weighted by Crippen LogP contribution is -2.26. The Kier molecular flexibility index (Phi) is 3.96. The van der Waals surface area contributed by atoms with E-state index < -0.39 is 6.09 Å². The van der Waals surface area contributed by atoms with Crippen molar-refractivity contribution < 1.29 is 9.90 Å². The van der Waals surface area contributed by atoms with Crippen molar-refractivity contribution >= 4 is 23.5 Å². The lowest BCUT2D eigenvalue weighted by atomic mass is 9.92. The molecule has 1 amide bonds. The fraction of sp³-hybridized carbons (Fsp3) is 0.333. The molecule has 6 heteroatoms. The highest BCUT2D eigenvalue weighted by molar-refractivity contribution is 6.30. The number of halogens is 1. The highest BCUT2D eigenvalue weighted by Crippen LogP contribution is 2.28. The van der Waals surface area contributed by atoms with E-state index in [0.717, 1.165) is 16.3 Å². The van der Waals surface area contributed by atoms with Gasteiger partial charge in [-0.3, -0.25) is 4.90 Å². The van der Waals surface area contributed by atoms with Crippen LogP contribution in [0.2, 0.25) is 5.02 Å². The molecular weight excluding hydrogens is 290 g/mol. The Morgan fingerprint density at radius 1 is 1.29 bits per heavy atom. The Morgan fingerprint density at radius 2 is 1.86 bits per heavy atom. The van der Waals surface area contributed by atoms with Crippen molar-refractivity contribution in [3.63, 3.8) is 0 Å². The maximum absolute atomic E-state index is 11.3. The zero-order chi connectivity index (χ0) is 15.8. The van der Waals surface area contributed by atoms with Crippen LogP contribution in [-0.2, 0) is 5.41 Å². The third-order valence-corrected chi connectivity index (χ3v) is 3.41. The monoisotopic (exact) mass is 307 g/mol. The average molecular weight is 308 g/mol. The second-order valence-corrected chi connectivity index (χ2v) is 6.30. The van der Waals surface area contributed by atoms with Crippen molar-refractivity contribution in [2.24, 2.45) is 0 Å². The summed E-state index contributed by atoms with van der Waals surface area (Å²) in [5.74, 6) is 0.495. The number of nitrogens with zero attached hydrogens (tertiary/aromatic N) is 3. The van der Waals surface area contributed by atoms with Crippen LogP contribution in [0, 0.1) is 0 Å². The average Bonchev–Trinajstić information content (AvgIpc) is 2.83. The van der Waals surface area contributed by atoms with Gasteiger partial charge in [0.25, 0.3) is 0 Å². The minimum absolute atomic E-state index is 0.175. The Morgan fingerprint density at radius 3 is 2.33 bits per heavy atom. The van der Waals surface area contributed by atoms with Crippen molar-refractivity contribution in [2.45, 2.75) is 26.2 Å². The first kappa shape index (κ1) is 15.4. The Bertz CT molecular complexity index is 657. The van der Waals surface area contributed by atoms with E-state index in [1.165, 1.54) is 7.05 Å². The zero-order valence-corrected chi connectivity index (χ0v) is 13.2. The first-order valence-electron chi connectivity index (χ1n) is 6.53. The van der Waals surface area contributed by atoms with Gasteiger partial charge in [0.1, 0.15) is 5.82 Å². The number of benzene rings is 1. The van der Waals surface area contributed by atoms with Gasteiger partial charge >= 0.3 is 6.09 Å². The molecule has 0 aliphatic heterocycles. The molecule has 1 N–H and O–H groups in total. The fourth-order valence-corrected chi connectivity index (χ4v) is 1.97. The molecule has 0 aliphatic rings. The molecule has 2 rings (SSSR count). The Labute approximate surface area is 128 Å². The quantitative estimate of drug-likeness (QED) is 0.914. The number of hydrogen-bond donors (Lipinski definition) is 1. The van der Waals surface area contributed by atoms with Crippen LogP contribution in [0.5, 0.6) is 0 Å². The first-order valence-corrected chi connectivity index (χ1v) is 6.91. The summed E-state index contributed by atoms with van der Waals surface area (Å²) in [4.78, 5) is 12.4. The minimum Gasteiger partial charge on any atom is -0.465 e. The van der Waals surface area contributed by atoms with E-state index in [2.05, 4.69) is 5.10 Å². The summed E-state index contributed by atoms with van der Waals surface area (Å²) < 4.78 is 1.62. The normalized spacial score (nSPS) is 11.5. The van der Waals surface area contributed by atoms with Crippen molar-refractivity contribution in [1.82, 2.24) is 9.78 Å². The standard InChI is InChI=1S/C15H18ClN3O2/c1-15(2,3)12-9-13(18(4)14(20)21)19(17-12)11-7-5-10(16)6-8-11/h5-9H,1-4H3,(H,20,21). The van der Waals surface area contributed by atoms with Gasteiger partial charge in [-0.1, -0.05) is 32.4 Å². The summed E-state index contributed by atoms with van der Waals surface area (Å²) >= 11 is 5.90. The van der Waals surface area contributed by atoms with Gasteiger partial charge in [-0.15, -0.1) is 0 Å². The number of carboxylic acid groups (broad SMARTS) is 1. The molecule has 112 valence electrons. The Hall–Kier alpha value is -2.01. The number of carbonyl (C=O) groups is 1. The van der Waals surface area contributed by atoms with Gasteiger partial charge in [0, 0.05) is 23.6 Å². The summed E-state index contributed by atoms with van der Waals surface area (Å²) in [6, 6.07) is 8.91. The summed E-state index contributed by atoms with van der Waals surface area (Å²) in [7, 11) is 1.50. The van der Waals surface area contributed by atoms with Crippen LogP contribution in [0.4, 0.5) is 10.6 Å². The summed E-state index contributed by atoms with van der Waals surface area (Å²) in [6.07, 6.45) is -1.04. The number of rotatable bonds is 2. The maximum atomic E-state index is 11.3. The lowest BCUT2D eigenvalue weighted by Gasteiger charge is -2.14. The molecule has 0 saturated carbocycles. The molecule has 5 nitrogen and oxygen atoms in total. The summed E-state index contributed by atoms with van der Waals surface area (Å²) in [5, 5.41) is 14.4. The molecule has 1 aromatic heterocycles. The fourth-order valence-electron chi connectivity index (χ4n) is 1.85. The van der Waals surface area contributed by atoms with Gasteiger partial charge < -0.3 is 5.11 Å². The van der Waals surface area contributed by atoms with Crippen LogP contribution >= 0.6 is 11.6 Å². The predicted octanol–water partition coefficient (Wildman–Crippen LogP) is 3.94. The van der Waals surface area contributed by atoms with Crippen molar-refractivity contribution in [3.05, 3.63) is 41.0 Å². The zero-order valence-electron chi connectivity index (χ0n) is 12.5. The lowest BCUT2D eigenvalue weighted by molar-refractivity contribution is 0.203.